The summed E-state index contributed by atoms with van der Waals surface area (Å²) >= 11 is 0. The van der Waals surface area contributed by atoms with Gasteiger partial charge in [0.2, 0.25) is 0 Å². The Morgan fingerprint density at radius 2 is 1.86 bits per heavy atom. The second kappa shape index (κ2) is 8.24. The average Bonchev–Trinajstić information content (AvgIpc) is 2.54. The van der Waals surface area contributed by atoms with Gasteiger partial charge in [-0.15, -0.1) is 0 Å². The van der Waals surface area contributed by atoms with Crippen LogP contribution in [0.15, 0.2) is 42.5 Å². The molecule has 0 heterocycles. The van der Waals surface area contributed by atoms with Crippen LogP contribution in [0.5, 0.6) is 11.5 Å². The number of nitrogens with one attached hydrogen (secondary N) is 1. The monoisotopic (exact) mass is 305 g/mol. The van der Waals surface area contributed by atoms with Crippen molar-refractivity contribution in [3.63, 3.8) is 0 Å². The Hall–Kier alpha value is -2.27. The SMILES string of the molecule is COCCOc1c(CNc2cccc(F)c2)cccc1OC. The molecule has 118 valence electrons. The maximum absolute atomic E-state index is 13.2. The van der Waals surface area contributed by atoms with Gasteiger partial charge in [0.15, 0.2) is 11.5 Å². The molecule has 0 saturated carbocycles. The Morgan fingerprint density at radius 1 is 1.05 bits per heavy atom. The first-order valence-corrected chi connectivity index (χ1v) is 7.01. The summed E-state index contributed by atoms with van der Waals surface area (Å²) in [6.07, 6.45) is 0. The van der Waals surface area contributed by atoms with Crippen LogP contribution in [-0.2, 0) is 11.3 Å². The van der Waals surface area contributed by atoms with Crippen LogP contribution in [0.1, 0.15) is 5.56 Å². The van der Waals surface area contributed by atoms with Crippen molar-refractivity contribution in [2.24, 2.45) is 0 Å². The smallest absolute Gasteiger partial charge is 0.166 e. The summed E-state index contributed by atoms with van der Waals surface area (Å²) in [6, 6.07) is 12.0. The molecule has 22 heavy (non-hydrogen) atoms. The fourth-order valence-electron chi connectivity index (χ4n) is 2.05. The van der Waals surface area contributed by atoms with E-state index in [2.05, 4.69) is 5.32 Å². The Bertz CT molecular complexity index is 604. The highest BCUT2D eigenvalue weighted by Gasteiger charge is 2.10. The van der Waals surface area contributed by atoms with Crippen molar-refractivity contribution in [2.45, 2.75) is 6.54 Å². The first-order valence-electron chi connectivity index (χ1n) is 7.01. The van der Waals surface area contributed by atoms with Crippen LogP contribution in [0.4, 0.5) is 10.1 Å². The molecule has 0 aliphatic heterocycles. The number of hydrogen-bond acceptors (Lipinski definition) is 4. The van der Waals surface area contributed by atoms with E-state index in [0.29, 0.717) is 36.9 Å². The molecule has 2 aromatic carbocycles. The maximum Gasteiger partial charge on any atom is 0.166 e. The lowest BCUT2D eigenvalue weighted by Crippen LogP contribution is -2.09. The predicted octanol–water partition coefficient (Wildman–Crippen LogP) is 3.47. The third kappa shape index (κ3) is 4.36. The van der Waals surface area contributed by atoms with Crippen molar-refractivity contribution in [1.29, 1.82) is 0 Å². The van der Waals surface area contributed by atoms with E-state index in [1.54, 1.807) is 20.3 Å². The number of para-hydroxylation sites is 1. The summed E-state index contributed by atoms with van der Waals surface area (Å²) < 4.78 is 29.3. The summed E-state index contributed by atoms with van der Waals surface area (Å²) in [5.41, 5.74) is 1.64. The molecule has 0 atom stereocenters. The normalized spacial score (nSPS) is 10.3. The van der Waals surface area contributed by atoms with Crippen molar-refractivity contribution in [3.05, 3.63) is 53.8 Å². The van der Waals surface area contributed by atoms with Crippen molar-refractivity contribution in [3.8, 4) is 11.5 Å². The molecule has 2 rings (SSSR count). The van der Waals surface area contributed by atoms with E-state index in [9.17, 15) is 4.39 Å². The van der Waals surface area contributed by atoms with Gasteiger partial charge >= 0.3 is 0 Å². The topological polar surface area (TPSA) is 39.7 Å². The Morgan fingerprint density at radius 3 is 2.59 bits per heavy atom. The van der Waals surface area contributed by atoms with Crippen LogP contribution in [-0.4, -0.2) is 27.4 Å². The van der Waals surface area contributed by atoms with E-state index in [-0.39, 0.29) is 5.82 Å². The molecule has 0 aromatic heterocycles. The van der Waals surface area contributed by atoms with Crippen LogP contribution in [0.25, 0.3) is 0 Å². The molecule has 0 bridgehead atoms. The average molecular weight is 305 g/mol. The molecule has 4 nitrogen and oxygen atoms in total. The molecule has 0 saturated heterocycles. The predicted molar refractivity (Wildman–Crippen MR) is 84.1 cm³/mol. The van der Waals surface area contributed by atoms with Gasteiger partial charge in [0.25, 0.3) is 0 Å². The van der Waals surface area contributed by atoms with Crippen LogP contribution in [0, 0.1) is 5.82 Å². The molecule has 2 aromatic rings. The van der Waals surface area contributed by atoms with Gasteiger partial charge in [0.1, 0.15) is 12.4 Å². The lowest BCUT2D eigenvalue weighted by Gasteiger charge is -2.16. The molecule has 0 radical (unpaired) electrons. The summed E-state index contributed by atoms with van der Waals surface area (Å²) in [4.78, 5) is 0. The summed E-state index contributed by atoms with van der Waals surface area (Å²) in [5, 5.41) is 3.18. The highest BCUT2D eigenvalue weighted by atomic mass is 19.1. The fourth-order valence-corrected chi connectivity index (χ4v) is 2.05. The Kier molecular flexibility index (Phi) is 6.03. The summed E-state index contributed by atoms with van der Waals surface area (Å²) in [6.45, 7) is 1.43. The van der Waals surface area contributed by atoms with Crippen molar-refractivity contribution >= 4 is 5.69 Å². The van der Waals surface area contributed by atoms with Crippen LogP contribution >= 0.6 is 0 Å². The minimum atomic E-state index is -0.271. The number of anilines is 1. The van der Waals surface area contributed by atoms with Gasteiger partial charge in [0, 0.05) is 24.9 Å². The first-order chi connectivity index (χ1) is 10.7. The molecule has 5 heteroatoms. The number of hydrogen-bond donors (Lipinski definition) is 1. The van der Waals surface area contributed by atoms with E-state index in [1.807, 2.05) is 24.3 Å². The van der Waals surface area contributed by atoms with Gasteiger partial charge in [-0.1, -0.05) is 18.2 Å². The quantitative estimate of drug-likeness (QED) is 0.758. The third-order valence-corrected chi connectivity index (χ3v) is 3.12. The largest absolute Gasteiger partial charge is 0.493 e. The zero-order chi connectivity index (χ0) is 15.8. The lowest BCUT2D eigenvalue weighted by molar-refractivity contribution is 0.143. The number of benzene rings is 2. The van der Waals surface area contributed by atoms with Gasteiger partial charge < -0.3 is 19.5 Å². The van der Waals surface area contributed by atoms with E-state index >= 15 is 0 Å². The third-order valence-electron chi connectivity index (χ3n) is 3.12. The molecular weight excluding hydrogens is 285 g/mol. The highest BCUT2D eigenvalue weighted by Crippen LogP contribution is 2.31. The Balaban J connectivity index is 2.11. The van der Waals surface area contributed by atoms with Gasteiger partial charge in [-0.2, -0.15) is 0 Å². The lowest BCUT2D eigenvalue weighted by atomic mass is 10.1. The molecule has 0 unspecified atom stereocenters. The van der Waals surface area contributed by atoms with Crippen LogP contribution in [0.3, 0.4) is 0 Å². The molecule has 0 fully saturated rings. The molecule has 0 spiro atoms. The van der Waals surface area contributed by atoms with Crippen LogP contribution in [0.2, 0.25) is 0 Å². The highest BCUT2D eigenvalue weighted by molar-refractivity contribution is 5.50. The second-order valence-corrected chi connectivity index (χ2v) is 4.65. The minimum absolute atomic E-state index is 0.271. The molecule has 1 N–H and O–H groups in total. The van der Waals surface area contributed by atoms with Crippen molar-refractivity contribution in [1.82, 2.24) is 0 Å². The maximum atomic E-state index is 13.2. The number of methoxy groups -OCH3 is 2. The number of halogens is 1. The standard InChI is InChI=1S/C17H20FNO3/c1-20-9-10-22-17-13(5-3-8-16(17)21-2)12-19-15-7-4-6-14(18)11-15/h3-8,11,19H,9-10,12H2,1-2H3. The van der Waals surface area contributed by atoms with Crippen LogP contribution < -0.4 is 14.8 Å². The molecular formula is C17H20FNO3. The van der Waals surface area contributed by atoms with E-state index in [0.717, 1.165) is 5.56 Å². The van der Waals surface area contributed by atoms with E-state index in [1.165, 1.54) is 12.1 Å². The summed E-state index contributed by atoms with van der Waals surface area (Å²) in [5.74, 6) is 1.06. The van der Waals surface area contributed by atoms with Gasteiger partial charge in [-0.05, 0) is 24.3 Å². The van der Waals surface area contributed by atoms with Gasteiger partial charge in [0.05, 0.1) is 13.7 Å². The van der Waals surface area contributed by atoms with Gasteiger partial charge in [-0.3, -0.25) is 0 Å². The molecule has 0 aliphatic carbocycles. The summed E-state index contributed by atoms with van der Waals surface area (Å²) in [7, 11) is 3.22. The first kappa shape index (κ1) is 16.1. The zero-order valence-corrected chi connectivity index (χ0v) is 12.8. The number of ether oxygens (including phenoxy) is 3. The second-order valence-electron chi connectivity index (χ2n) is 4.65. The minimum Gasteiger partial charge on any atom is -0.493 e. The number of rotatable bonds is 8. The molecule has 0 aliphatic rings. The van der Waals surface area contributed by atoms with Gasteiger partial charge in [-0.25, -0.2) is 4.39 Å². The van der Waals surface area contributed by atoms with Crippen molar-refractivity contribution < 1.29 is 18.6 Å². The Labute approximate surface area is 129 Å². The van der Waals surface area contributed by atoms with Crippen molar-refractivity contribution in [2.75, 3.05) is 32.8 Å². The fraction of sp³-hybridized carbons (Fsp3) is 0.294. The molecule has 0 amide bonds. The zero-order valence-electron chi connectivity index (χ0n) is 12.8. The van der Waals surface area contributed by atoms with E-state index in [4.69, 9.17) is 14.2 Å². The van der Waals surface area contributed by atoms with E-state index < -0.39 is 0 Å².